The van der Waals surface area contributed by atoms with Gasteiger partial charge >= 0.3 is 0 Å². The quantitative estimate of drug-likeness (QED) is 0.775. The van der Waals surface area contributed by atoms with Gasteiger partial charge in [0.1, 0.15) is 11.5 Å². The Bertz CT molecular complexity index is 595. The number of benzene rings is 2. The van der Waals surface area contributed by atoms with Crippen LogP contribution in [0.1, 0.15) is 16.7 Å². The molecule has 0 fully saturated rings. The Balaban J connectivity index is 1.57. The van der Waals surface area contributed by atoms with Crippen molar-refractivity contribution in [1.82, 2.24) is 0 Å². The van der Waals surface area contributed by atoms with E-state index >= 15 is 0 Å². The topological polar surface area (TPSA) is 18.5 Å². The minimum absolute atomic E-state index is 0.516. The fourth-order valence-electron chi connectivity index (χ4n) is 2.40. The van der Waals surface area contributed by atoms with Crippen LogP contribution in [0.2, 0.25) is 0 Å². The van der Waals surface area contributed by atoms with Gasteiger partial charge in [0.2, 0.25) is 0 Å². The summed E-state index contributed by atoms with van der Waals surface area (Å²) in [5, 5.41) is 0. The van der Waals surface area contributed by atoms with E-state index < -0.39 is 0 Å². The van der Waals surface area contributed by atoms with Crippen LogP contribution in [0.15, 0.2) is 42.5 Å². The van der Waals surface area contributed by atoms with Gasteiger partial charge in [-0.15, -0.1) is 11.6 Å². The first-order valence-electron chi connectivity index (χ1n) is 6.87. The van der Waals surface area contributed by atoms with E-state index in [0.717, 1.165) is 36.5 Å². The lowest BCUT2D eigenvalue weighted by atomic mass is 10.1. The van der Waals surface area contributed by atoms with Crippen LogP contribution in [-0.2, 0) is 18.7 Å². The molecule has 104 valence electrons. The molecule has 0 saturated carbocycles. The molecular formula is C17H17ClO2. The first kappa shape index (κ1) is 13.3. The van der Waals surface area contributed by atoms with Crippen LogP contribution in [0.4, 0.5) is 0 Å². The summed E-state index contributed by atoms with van der Waals surface area (Å²) in [4.78, 5) is 0. The molecule has 1 aliphatic rings. The molecule has 0 unspecified atom stereocenters. The van der Waals surface area contributed by atoms with Crippen LogP contribution in [0.3, 0.4) is 0 Å². The fourth-order valence-corrected chi connectivity index (χ4v) is 2.57. The second kappa shape index (κ2) is 6.19. The summed E-state index contributed by atoms with van der Waals surface area (Å²) in [7, 11) is 0. The number of hydrogen-bond donors (Lipinski definition) is 0. The SMILES string of the molecule is ClCc1cccc(OCCc2ccc3c(c2)CCO3)c1. The largest absolute Gasteiger partial charge is 0.493 e. The number of alkyl halides is 1. The Labute approximate surface area is 124 Å². The number of hydrogen-bond acceptors (Lipinski definition) is 2. The van der Waals surface area contributed by atoms with E-state index in [1.54, 1.807) is 0 Å². The van der Waals surface area contributed by atoms with Crippen LogP contribution >= 0.6 is 11.6 Å². The summed E-state index contributed by atoms with van der Waals surface area (Å²) in [6.45, 7) is 1.48. The monoisotopic (exact) mass is 288 g/mol. The van der Waals surface area contributed by atoms with E-state index in [4.69, 9.17) is 21.1 Å². The van der Waals surface area contributed by atoms with E-state index in [-0.39, 0.29) is 0 Å². The van der Waals surface area contributed by atoms with Crippen LogP contribution in [0.5, 0.6) is 11.5 Å². The molecule has 0 N–H and O–H groups in total. The first-order chi connectivity index (χ1) is 9.85. The van der Waals surface area contributed by atoms with Crippen molar-refractivity contribution in [1.29, 1.82) is 0 Å². The summed E-state index contributed by atoms with van der Waals surface area (Å²) < 4.78 is 11.3. The molecule has 20 heavy (non-hydrogen) atoms. The van der Waals surface area contributed by atoms with Gasteiger partial charge in [0, 0.05) is 18.7 Å². The predicted octanol–water partition coefficient (Wildman–Crippen LogP) is 3.98. The van der Waals surface area contributed by atoms with Crippen LogP contribution < -0.4 is 9.47 Å². The molecule has 0 spiro atoms. The van der Waals surface area contributed by atoms with Crippen molar-refractivity contribution in [3.05, 3.63) is 59.2 Å². The Morgan fingerprint density at radius 3 is 2.95 bits per heavy atom. The zero-order chi connectivity index (χ0) is 13.8. The lowest BCUT2D eigenvalue weighted by molar-refractivity contribution is 0.321. The average molecular weight is 289 g/mol. The van der Waals surface area contributed by atoms with Gasteiger partial charge in [0.25, 0.3) is 0 Å². The Kier molecular flexibility index (Phi) is 4.12. The van der Waals surface area contributed by atoms with Crippen LogP contribution in [0.25, 0.3) is 0 Å². The van der Waals surface area contributed by atoms with Crippen molar-refractivity contribution in [3.63, 3.8) is 0 Å². The fraction of sp³-hybridized carbons (Fsp3) is 0.294. The molecular weight excluding hydrogens is 272 g/mol. The lowest BCUT2D eigenvalue weighted by Gasteiger charge is -2.08. The Morgan fingerprint density at radius 1 is 1.10 bits per heavy atom. The normalized spacial score (nSPS) is 12.8. The van der Waals surface area contributed by atoms with E-state index in [1.165, 1.54) is 11.1 Å². The molecule has 2 aromatic rings. The molecule has 2 aromatic carbocycles. The standard InChI is InChI=1S/C17H17ClO2/c18-12-14-2-1-3-16(11-14)19-8-6-13-4-5-17-15(10-13)7-9-20-17/h1-5,10-11H,6-9,12H2. The van der Waals surface area contributed by atoms with E-state index in [1.807, 2.05) is 24.3 Å². The second-order valence-electron chi connectivity index (χ2n) is 4.92. The van der Waals surface area contributed by atoms with E-state index in [9.17, 15) is 0 Å². The number of ether oxygens (including phenoxy) is 2. The lowest BCUT2D eigenvalue weighted by Crippen LogP contribution is -2.01. The van der Waals surface area contributed by atoms with Gasteiger partial charge in [-0.1, -0.05) is 24.3 Å². The van der Waals surface area contributed by atoms with Crippen molar-refractivity contribution in [2.24, 2.45) is 0 Å². The third kappa shape index (κ3) is 3.07. The third-order valence-electron chi connectivity index (χ3n) is 3.47. The van der Waals surface area contributed by atoms with Gasteiger partial charge in [0.05, 0.1) is 13.2 Å². The minimum atomic E-state index is 0.516. The average Bonchev–Trinajstić information content (AvgIpc) is 2.95. The van der Waals surface area contributed by atoms with Gasteiger partial charge in [-0.25, -0.2) is 0 Å². The number of fused-ring (bicyclic) bond motifs is 1. The molecule has 0 aromatic heterocycles. The molecule has 1 heterocycles. The highest BCUT2D eigenvalue weighted by atomic mass is 35.5. The molecule has 0 amide bonds. The van der Waals surface area contributed by atoms with Crippen molar-refractivity contribution in [2.75, 3.05) is 13.2 Å². The van der Waals surface area contributed by atoms with E-state index in [2.05, 4.69) is 18.2 Å². The van der Waals surface area contributed by atoms with Gasteiger partial charge in [0.15, 0.2) is 0 Å². The molecule has 2 nitrogen and oxygen atoms in total. The Hall–Kier alpha value is -1.67. The number of halogens is 1. The van der Waals surface area contributed by atoms with Crippen molar-refractivity contribution in [2.45, 2.75) is 18.7 Å². The smallest absolute Gasteiger partial charge is 0.122 e. The van der Waals surface area contributed by atoms with Gasteiger partial charge in [-0.05, 0) is 34.9 Å². The van der Waals surface area contributed by atoms with Crippen molar-refractivity contribution < 1.29 is 9.47 Å². The minimum Gasteiger partial charge on any atom is -0.493 e. The molecule has 0 saturated heterocycles. The van der Waals surface area contributed by atoms with Gasteiger partial charge in [-0.2, -0.15) is 0 Å². The maximum atomic E-state index is 5.82. The zero-order valence-electron chi connectivity index (χ0n) is 11.3. The summed E-state index contributed by atoms with van der Waals surface area (Å²) >= 11 is 5.82. The summed E-state index contributed by atoms with van der Waals surface area (Å²) in [6.07, 6.45) is 1.92. The summed E-state index contributed by atoms with van der Waals surface area (Å²) in [5.41, 5.74) is 3.69. The van der Waals surface area contributed by atoms with Crippen LogP contribution in [0, 0.1) is 0 Å². The van der Waals surface area contributed by atoms with Crippen molar-refractivity contribution in [3.8, 4) is 11.5 Å². The van der Waals surface area contributed by atoms with Gasteiger partial charge < -0.3 is 9.47 Å². The summed E-state index contributed by atoms with van der Waals surface area (Å²) in [5.74, 6) is 2.43. The van der Waals surface area contributed by atoms with Gasteiger partial charge in [-0.3, -0.25) is 0 Å². The third-order valence-corrected chi connectivity index (χ3v) is 3.77. The molecule has 3 heteroatoms. The molecule has 0 radical (unpaired) electrons. The number of rotatable bonds is 5. The second-order valence-corrected chi connectivity index (χ2v) is 5.19. The maximum Gasteiger partial charge on any atom is 0.122 e. The highest BCUT2D eigenvalue weighted by molar-refractivity contribution is 6.17. The Morgan fingerprint density at radius 2 is 2.05 bits per heavy atom. The van der Waals surface area contributed by atoms with Crippen molar-refractivity contribution >= 4 is 11.6 Å². The highest BCUT2D eigenvalue weighted by Gasteiger charge is 2.11. The predicted molar refractivity (Wildman–Crippen MR) is 80.8 cm³/mol. The molecule has 0 bridgehead atoms. The molecule has 0 aliphatic carbocycles. The van der Waals surface area contributed by atoms with E-state index in [0.29, 0.717) is 12.5 Å². The first-order valence-corrected chi connectivity index (χ1v) is 7.41. The molecule has 1 aliphatic heterocycles. The molecule has 0 atom stereocenters. The van der Waals surface area contributed by atoms with Crippen LogP contribution in [-0.4, -0.2) is 13.2 Å². The summed E-state index contributed by atoms with van der Waals surface area (Å²) in [6, 6.07) is 14.3. The highest BCUT2D eigenvalue weighted by Crippen LogP contribution is 2.26. The molecule has 3 rings (SSSR count). The zero-order valence-corrected chi connectivity index (χ0v) is 12.0. The maximum absolute atomic E-state index is 5.82.